The van der Waals surface area contributed by atoms with Gasteiger partial charge in [0, 0.05) is 12.6 Å². The molecule has 2 rings (SSSR count). The summed E-state index contributed by atoms with van der Waals surface area (Å²) in [5.74, 6) is -0.950. The first-order valence-electron chi connectivity index (χ1n) is 7.11. The Morgan fingerprint density at radius 3 is 2.75 bits per heavy atom. The van der Waals surface area contributed by atoms with E-state index in [2.05, 4.69) is 16.0 Å². The van der Waals surface area contributed by atoms with Crippen LogP contribution >= 0.6 is 0 Å². The van der Waals surface area contributed by atoms with E-state index in [9.17, 15) is 14.7 Å². The van der Waals surface area contributed by atoms with E-state index in [0.717, 1.165) is 13.0 Å². The molecule has 7 nitrogen and oxygen atoms in total. The minimum absolute atomic E-state index is 0.124. The fraction of sp³-hybridized carbons (Fsp3) is 0.846. The predicted molar refractivity (Wildman–Crippen MR) is 72.5 cm³/mol. The zero-order valence-corrected chi connectivity index (χ0v) is 11.8. The number of amides is 2. The summed E-state index contributed by atoms with van der Waals surface area (Å²) >= 11 is 0. The van der Waals surface area contributed by atoms with E-state index in [1.165, 1.54) is 12.8 Å². The SMILES string of the molecule is CC1(C(=O)O)COCC1NC(=O)NCCCNC1CC1. The van der Waals surface area contributed by atoms with Crippen LogP contribution in [0.5, 0.6) is 0 Å². The molecular weight excluding hydrogens is 262 g/mol. The first kappa shape index (κ1) is 15.1. The summed E-state index contributed by atoms with van der Waals surface area (Å²) in [6.45, 7) is 3.41. The highest BCUT2D eigenvalue weighted by molar-refractivity contribution is 5.79. The van der Waals surface area contributed by atoms with Crippen molar-refractivity contribution >= 4 is 12.0 Å². The molecule has 0 aromatic heterocycles. The Hall–Kier alpha value is -1.34. The quantitative estimate of drug-likeness (QED) is 0.490. The Morgan fingerprint density at radius 2 is 2.10 bits per heavy atom. The first-order chi connectivity index (χ1) is 9.52. The average molecular weight is 285 g/mol. The summed E-state index contributed by atoms with van der Waals surface area (Å²) in [6.07, 6.45) is 3.37. The molecule has 0 bridgehead atoms. The summed E-state index contributed by atoms with van der Waals surface area (Å²) in [5.41, 5.74) is -1.05. The van der Waals surface area contributed by atoms with Gasteiger partial charge in [0.2, 0.25) is 0 Å². The monoisotopic (exact) mass is 285 g/mol. The van der Waals surface area contributed by atoms with Crippen LogP contribution in [0, 0.1) is 5.41 Å². The highest BCUT2D eigenvalue weighted by atomic mass is 16.5. The van der Waals surface area contributed by atoms with Crippen molar-refractivity contribution in [2.45, 2.75) is 38.3 Å². The molecule has 7 heteroatoms. The largest absolute Gasteiger partial charge is 0.481 e. The summed E-state index contributed by atoms with van der Waals surface area (Å²) < 4.78 is 5.18. The molecule has 2 fully saturated rings. The molecule has 0 radical (unpaired) electrons. The van der Waals surface area contributed by atoms with Crippen molar-refractivity contribution in [1.82, 2.24) is 16.0 Å². The van der Waals surface area contributed by atoms with Gasteiger partial charge >= 0.3 is 12.0 Å². The third kappa shape index (κ3) is 3.83. The Balaban J connectivity index is 1.64. The van der Waals surface area contributed by atoms with Gasteiger partial charge in [0.1, 0.15) is 5.41 Å². The highest BCUT2D eigenvalue weighted by Gasteiger charge is 2.47. The van der Waals surface area contributed by atoms with Gasteiger partial charge in [-0.15, -0.1) is 0 Å². The number of carboxylic acid groups (broad SMARTS) is 1. The van der Waals surface area contributed by atoms with Gasteiger partial charge in [-0.25, -0.2) is 4.79 Å². The van der Waals surface area contributed by atoms with Gasteiger partial charge in [0.25, 0.3) is 0 Å². The summed E-state index contributed by atoms with van der Waals surface area (Å²) in [4.78, 5) is 23.0. The Bertz CT molecular complexity index is 373. The molecule has 0 aromatic rings. The van der Waals surface area contributed by atoms with Crippen molar-refractivity contribution in [1.29, 1.82) is 0 Å². The first-order valence-corrected chi connectivity index (χ1v) is 7.11. The number of nitrogens with one attached hydrogen (secondary N) is 3. The van der Waals surface area contributed by atoms with Crippen LogP contribution in [0.2, 0.25) is 0 Å². The second-order valence-corrected chi connectivity index (χ2v) is 5.77. The second-order valence-electron chi connectivity index (χ2n) is 5.77. The molecule has 2 amide bonds. The topological polar surface area (TPSA) is 99.7 Å². The van der Waals surface area contributed by atoms with Crippen molar-refractivity contribution in [3.63, 3.8) is 0 Å². The molecule has 1 aliphatic heterocycles. The van der Waals surface area contributed by atoms with Gasteiger partial charge in [-0.3, -0.25) is 4.79 Å². The maximum Gasteiger partial charge on any atom is 0.315 e. The minimum atomic E-state index is -1.05. The molecular formula is C13H23N3O4. The van der Waals surface area contributed by atoms with Crippen molar-refractivity contribution < 1.29 is 19.4 Å². The number of rotatable bonds is 7. The molecule has 1 aliphatic carbocycles. The lowest BCUT2D eigenvalue weighted by atomic mass is 9.85. The van der Waals surface area contributed by atoms with E-state index in [-0.39, 0.29) is 19.2 Å². The third-order valence-corrected chi connectivity index (χ3v) is 3.90. The van der Waals surface area contributed by atoms with E-state index in [1.807, 2.05) is 0 Å². The van der Waals surface area contributed by atoms with E-state index in [1.54, 1.807) is 6.92 Å². The van der Waals surface area contributed by atoms with Crippen molar-refractivity contribution in [3.05, 3.63) is 0 Å². The van der Waals surface area contributed by atoms with Crippen LogP contribution < -0.4 is 16.0 Å². The van der Waals surface area contributed by atoms with Gasteiger partial charge < -0.3 is 25.8 Å². The number of carbonyl (C=O) groups is 2. The second kappa shape index (κ2) is 6.41. The number of hydrogen-bond donors (Lipinski definition) is 4. The Morgan fingerprint density at radius 1 is 1.35 bits per heavy atom. The molecule has 114 valence electrons. The number of carbonyl (C=O) groups excluding carboxylic acids is 1. The van der Waals surface area contributed by atoms with Crippen LogP contribution in [0.3, 0.4) is 0 Å². The number of ether oxygens (including phenoxy) is 1. The lowest BCUT2D eigenvalue weighted by Crippen LogP contribution is -2.52. The van der Waals surface area contributed by atoms with Crippen LogP contribution in [-0.4, -0.2) is 55.5 Å². The molecule has 2 unspecified atom stereocenters. The number of aliphatic carboxylic acids is 1. The van der Waals surface area contributed by atoms with Gasteiger partial charge in [-0.05, 0) is 32.7 Å². The number of hydrogen-bond acceptors (Lipinski definition) is 4. The zero-order chi connectivity index (χ0) is 14.6. The number of carboxylic acids is 1. The van der Waals surface area contributed by atoms with Crippen LogP contribution in [0.15, 0.2) is 0 Å². The lowest BCUT2D eigenvalue weighted by molar-refractivity contribution is -0.148. The van der Waals surface area contributed by atoms with Gasteiger partial charge in [-0.1, -0.05) is 0 Å². The van der Waals surface area contributed by atoms with Gasteiger partial charge in [0.05, 0.1) is 19.3 Å². The van der Waals surface area contributed by atoms with E-state index in [4.69, 9.17) is 4.74 Å². The summed E-state index contributed by atoms with van der Waals surface area (Å²) in [5, 5.41) is 18.0. The van der Waals surface area contributed by atoms with E-state index in [0.29, 0.717) is 12.6 Å². The van der Waals surface area contributed by atoms with Crippen LogP contribution in [0.1, 0.15) is 26.2 Å². The molecule has 1 saturated heterocycles. The molecule has 4 N–H and O–H groups in total. The molecule has 2 aliphatic rings. The van der Waals surface area contributed by atoms with E-state index >= 15 is 0 Å². The van der Waals surface area contributed by atoms with Gasteiger partial charge in [-0.2, -0.15) is 0 Å². The molecule has 1 heterocycles. The molecule has 2 atom stereocenters. The van der Waals surface area contributed by atoms with Crippen molar-refractivity contribution in [2.75, 3.05) is 26.3 Å². The average Bonchev–Trinajstić information content (AvgIpc) is 3.14. The predicted octanol–water partition coefficient (Wildman–Crippen LogP) is -0.0826. The standard InChI is InChI=1S/C13H23N3O4/c1-13(11(17)18)8-20-7-10(13)16-12(19)15-6-2-5-14-9-3-4-9/h9-10,14H,2-8H2,1H3,(H,17,18)(H2,15,16,19). The fourth-order valence-corrected chi connectivity index (χ4v) is 2.18. The van der Waals surface area contributed by atoms with Crippen LogP contribution in [0.25, 0.3) is 0 Å². The molecule has 0 aromatic carbocycles. The Kier molecular flexibility index (Phi) is 4.82. The minimum Gasteiger partial charge on any atom is -0.481 e. The van der Waals surface area contributed by atoms with Crippen LogP contribution in [0.4, 0.5) is 4.79 Å². The fourth-order valence-electron chi connectivity index (χ4n) is 2.18. The lowest BCUT2D eigenvalue weighted by Gasteiger charge is -2.25. The maximum atomic E-state index is 11.7. The normalized spacial score (nSPS) is 29.1. The third-order valence-electron chi connectivity index (χ3n) is 3.90. The molecule has 20 heavy (non-hydrogen) atoms. The van der Waals surface area contributed by atoms with Gasteiger partial charge in [0.15, 0.2) is 0 Å². The molecule has 0 spiro atoms. The smallest absolute Gasteiger partial charge is 0.315 e. The summed E-state index contributed by atoms with van der Waals surface area (Å²) in [6, 6.07) is -0.153. The number of urea groups is 1. The van der Waals surface area contributed by atoms with Crippen molar-refractivity contribution in [3.8, 4) is 0 Å². The van der Waals surface area contributed by atoms with E-state index < -0.39 is 17.4 Å². The highest BCUT2D eigenvalue weighted by Crippen LogP contribution is 2.28. The summed E-state index contributed by atoms with van der Waals surface area (Å²) in [7, 11) is 0. The maximum absolute atomic E-state index is 11.7. The Labute approximate surface area is 118 Å². The van der Waals surface area contributed by atoms with Crippen molar-refractivity contribution in [2.24, 2.45) is 5.41 Å². The van der Waals surface area contributed by atoms with Crippen LogP contribution in [-0.2, 0) is 9.53 Å². The molecule has 1 saturated carbocycles. The zero-order valence-electron chi connectivity index (χ0n) is 11.8.